The molecule has 0 atom stereocenters. The summed E-state index contributed by atoms with van der Waals surface area (Å²) in [5, 5.41) is 16.3. The van der Waals surface area contributed by atoms with Gasteiger partial charge < -0.3 is 14.8 Å². The molecule has 2 aromatic heterocycles. The quantitative estimate of drug-likeness (QED) is 0.662. The van der Waals surface area contributed by atoms with Gasteiger partial charge in [0.2, 0.25) is 5.91 Å². The normalized spacial score (nSPS) is 10.6. The second-order valence-corrected chi connectivity index (χ2v) is 6.62. The minimum atomic E-state index is -0.0695. The van der Waals surface area contributed by atoms with Crippen molar-refractivity contribution in [3.05, 3.63) is 52.5 Å². The van der Waals surface area contributed by atoms with E-state index in [1.165, 1.54) is 6.20 Å². The molecule has 8 heteroatoms. The minimum absolute atomic E-state index is 0.0695. The van der Waals surface area contributed by atoms with Crippen LogP contribution in [0.15, 0.2) is 24.4 Å². The number of fused-ring (bicyclic) bond motifs is 1. The van der Waals surface area contributed by atoms with Crippen LogP contribution in [0.2, 0.25) is 0 Å². The summed E-state index contributed by atoms with van der Waals surface area (Å²) in [7, 11) is 3.18. The Labute approximate surface area is 169 Å². The summed E-state index contributed by atoms with van der Waals surface area (Å²) in [5.74, 6) is 1.29. The molecule has 0 aliphatic heterocycles. The van der Waals surface area contributed by atoms with Crippen molar-refractivity contribution in [2.24, 2.45) is 0 Å². The second kappa shape index (κ2) is 8.61. The largest absolute Gasteiger partial charge is 0.497 e. The van der Waals surface area contributed by atoms with Gasteiger partial charge in [-0.1, -0.05) is 0 Å². The van der Waals surface area contributed by atoms with E-state index in [4.69, 9.17) is 14.7 Å². The molecular formula is C21H23N5O3. The molecular weight excluding hydrogens is 370 g/mol. The van der Waals surface area contributed by atoms with E-state index in [0.29, 0.717) is 42.1 Å². The fraction of sp³-hybridized carbons (Fsp3) is 0.333. The van der Waals surface area contributed by atoms with Crippen LogP contribution in [0.25, 0.3) is 5.65 Å². The average molecular weight is 393 g/mol. The number of nitrogens with zero attached hydrogens (tertiary/aromatic N) is 4. The molecule has 0 aliphatic carbocycles. The number of nitriles is 1. The highest BCUT2D eigenvalue weighted by Gasteiger charge is 2.15. The molecule has 29 heavy (non-hydrogen) atoms. The first kappa shape index (κ1) is 20.1. The van der Waals surface area contributed by atoms with Crippen LogP contribution >= 0.6 is 0 Å². The molecule has 8 nitrogen and oxygen atoms in total. The first-order valence-corrected chi connectivity index (χ1v) is 9.20. The molecule has 0 saturated carbocycles. The molecule has 3 rings (SSSR count). The molecule has 1 N–H and O–H groups in total. The molecule has 1 aromatic carbocycles. The number of carbonyl (C=O) groups is 1. The Morgan fingerprint density at radius 2 is 2.07 bits per heavy atom. The number of hydrogen-bond donors (Lipinski definition) is 1. The van der Waals surface area contributed by atoms with E-state index in [2.05, 4.69) is 21.5 Å². The predicted octanol–water partition coefficient (Wildman–Crippen LogP) is 2.48. The molecule has 150 valence electrons. The standard InChI is InChI=1S/C21H23N5O3/c1-13-18(14(2)26-21(25-13)16(10-22)12-24-26)7-8-20(27)23-11-15-5-6-17(28-3)9-19(15)29-4/h5-6,9,12H,7-8,11H2,1-4H3,(H,23,27). The van der Waals surface area contributed by atoms with Crippen molar-refractivity contribution in [3.8, 4) is 17.6 Å². The third-order valence-corrected chi connectivity index (χ3v) is 4.90. The van der Waals surface area contributed by atoms with Crippen LogP contribution < -0.4 is 14.8 Å². The Morgan fingerprint density at radius 3 is 2.76 bits per heavy atom. The van der Waals surface area contributed by atoms with Gasteiger partial charge in [0.15, 0.2) is 5.65 Å². The summed E-state index contributed by atoms with van der Waals surface area (Å²) in [5.41, 5.74) is 4.51. The van der Waals surface area contributed by atoms with Gasteiger partial charge in [0.05, 0.1) is 20.4 Å². The third kappa shape index (κ3) is 4.14. The van der Waals surface area contributed by atoms with Crippen LogP contribution in [0.5, 0.6) is 11.5 Å². The molecule has 0 spiro atoms. The Morgan fingerprint density at radius 1 is 1.28 bits per heavy atom. The number of amides is 1. The topological polar surface area (TPSA) is 102 Å². The van der Waals surface area contributed by atoms with Crippen LogP contribution in [0, 0.1) is 25.2 Å². The van der Waals surface area contributed by atoms with Gasteiger partial charge in [0.25, 0.3) is 0 Å². The zero-order valence-corrected chi connectivity index (χ0v) is 16.9. The van der Waals surface area contributed by atoms with Gasteiger partial charge in [-0.05, 0) is 38.0 Å². The zero-order valence-electron chi connectivity index (χ0n) is 16.9. The highest BCUT2D eigenvalue weighted by atomic mass is 16.5. The van der Waals surface area contributed by atoms with Gasteiger partial charge in [-0.2, -0.15) is 10.4 Å². The first-order chi connectivity index (χ1) is 14.0. The van der Waals surface area contributed by atoms with E-state index in [9.17, 15) is 4.79 Å². The zero-order chi connectivity index (χ0) is 21.0. The SMILES string of the molecule is COc1ccc(CNC(=O)CCc2c(C)nc3c(C#N)cnn3c2C)c(OC)c1. The smallest absolute Gasteiger partial charge is 0.220 e. The molecule has 2 heterocycles. The summed E-state index contributed by atoms with van der Waals surface area (Å²) >= 11 is 0. The predicted molar refractivity (Wildman–Crippen MR) is 107 cm³/mol. The summed E-state index contributed by atoms with van der Waals surface area (Å²) in [6.07, 6.45) is 2.36. The van der Waals surface area contributed by atoms with Crippen molar-refractivity contribution in [1.82, 2.24) is 19.9 Å². The number of carbonyl (C=O) groups excluding carboxylic acids is 1. The number of nitrogens with one attached hydrogen (secondary N) is 1. The fourth-order valence-electron chi connectivity index (χ4n) is 3.27. The van der Waals surface area contributed by atoms with Crippen LogP contribution in [0.1, 0.15) is 34.5 Å². The maximum absolute atomic E-state index is 12.4. The lowest BCUT2D eigenvalue weighted by Gasteiger charge is -2.13. The van der Waals surface area contributed by atoms with E-state index in [0.717, 1.165) is 22.5 Å². The first-order valence-electron chi connectivity index (χ1n) is 9.20. The lowest BCUT2D eigenvalue weighted by molar-refractivity contribution is -0.121. The number of benzene rings is 1. The van der Waals surface area contributed by atoms with Crippen molar-refractivity contribution in [1.29, 1.82) is 5.26 Å². The van der Waals surface area contributed by atoms with Crippen molar-refractivity contribution in [2.45, 2.75) is 33.2 Å². The van der Waals surface area contributed by atoms with Crippen LogP contribution in [0.4, 0.5) is 0 Å². The molecule has 0 bridgehead atoms. The maximum atomic E-state index is 12.4. The summed E-state index contributed by atoms with van der Waals surface area (Å²) in [6, 6.07) is 7.58. The summed E-state index contributed by atoms with van der Waals surface area (Å²) in [4.78, 5) is 16.9. The molecule has 1 amide bonds. The molecule has 0 saturated heterocycles. The van der Waals surface area contributed by atoms with Gasteiger partial charge in [-0.15, -0.1) is 0 Å². The van der Waals surface area contributed by atoms with Crippen molar-refractivity contribution >= 4 is 11.6 Å². The fourth-order valence-corrected chi connectivity index (χ4v) is 3.27. The Hall–Kier alpha value is -3.60. The molecule has 3 aromatic rings. The number of aromatic nitrogens is 3. The van der Waals surface area contributed by atoms with Gasteiger partial charge in [-0.3, -0.25) is 4.79 Å². The van der Waals surface area contributed by atoms with Gasteiger partial charge in [0, 0.05) is 36.0 Å². The van der Waals surface area contributed by atoms with E-state index < -0.39 is 0 Å². The van der Waals surface area contributed by atoms with E-state index in [1.54, 1.807) is 24.8 Å². The second-order valence-electron chi connectivity index (χ2n) is 6.62. The number of ether oxygens (including phenoxy) is 2. The van der Waals surface area contributed by atoms with Gasteiger partial charge in [0.1, 0.15) is 23.1 Å². The van der Waals surface area contributed by atoms with Crippen LogP contribution in [-0.4, -0.2) is 34.7 Å². The van der Waals surface area contributed by atoms with Crippen molar-refractivity contribution < 1.29 is 14.3 Å². The number of aryl methyl sites for hydroxylation is 2. The Bertz CT molecular complexity index is 1100. The number of methoxy groups -OCH3 is 2. The maximum Gasteiger partial charge on any atom is 0.220 e. The highest BCUT2D eigenvalue weighted by Crippen LogP contribution is 2.24. The van der Waals surface area contributed by atoms with Crippen LogP contribution in [0.3, 0.4) is 0 Å². The van der Waals surface area contributed by atoms with Gasteiger partial charge >= 0.3 is 0 Å². The van der Waals surface area contributed by atoms with Crippen LogP contribution in [-0.2, 0) is 17.8 Å². The number of hydrogen-bond acceptors (Lipinski definition) is 6. The summed E-state index contributed by atoms with van der Waals surface area (Å²) < 4.78 is 12.2. The van der Waals surface area contributed by atoms with Crippen molar-refractivity contribution in [3.63, 3.8) is 0 Å². The average Bonchev–Trinajstić information content (AvgIpc) is 3.14. The highest BCUT2D eigenvalue weighted by molar-refractivity contribution is 5.76. The van der Waals surface area contributed by atoms with E-state index in [-0.39, 0.29) is 5.91 Å². The van der Waals surface area contributed by atoms with Crippen molar-refractivity contribution in [2.75, 3.05) is 14.2 Å². The number of rotatable bonds is 7. The molecule has 0 fully saturated rings. The van der Waals surface area contributed by atoms with Gasteiger partial charge in [-0.25, -0.2) is 9.50 Å². The summed E-state index contributed by atoms with van der Waals surface area (Å²) in [6.45, 7) is 4.17. The lowest BCUT2D eigenvalue weighted by Crippen LogP contribution is -2.23. The van der Waals surface area contributed by atoms with E-state index in [1.807, 2.05) is 26.0 Å². The third-order valence-electron chi connectivity index (χ3n) is 4.90. The monoisotopic (exact) mass is 393 g/mol. The lowest BCUT2D eigenvalue weighted by atomic mass is 10.1. The molecule has 0 radical (unpaired) electrons. The van der Waals surface area contributed by atoms with E-state index >= 15 is 0 Å². The Balaban J connectivity index is 1.66. The Kier molecular flexibility index (Phi) is 5.98. The molecule has 0 unspecified atom stereocenters. The molecule has 0 aliphatic rings. The minimum Gasteiger partial charge on any atom is -0.497 e.